The van der Waals surface area contributed by atoms with Crippen LogP contribution in [0.25, 0.3) is 93.9 Å². The maximum absolute atomic E-state index is 2.64. The van der Waals surface area contributed by atoms with Gasteiger partial charge < -0.3 is 4.90 Å². The first-order valence-electron chi connectivity index (χ1n) is 19.6. The standard InChI is InChI=1S/C54H33NS3/c1-4-16-34(17-5-1)37-31-33-48-51(42-25-14-24-38(53(42)58-48)35-18-6-2-7-19-35)52(37)55(43-26-15-29-47-49(43)40-22-10-12-27-45(40)56-47)44-32-30-39(36-20-8-3-9-21-36)54-50(44)41-23-11-13-28-46(41)57-54/h1-33H. The lowest BCUT2D eigenvalue weighted by molar-refractivity contribution is 1.34. The van der Waals surface area contributed by atoms with Crippen molar-refractivity contribution in [1.82, 2.24) is 0 Å². The van der Waals surface area contributed by atoms with Crippen molar-refractivity contribution in [3.63, 3.8) is 0 Å². The summed E-state index contributed by atoms with van der Waals surface area (Å²) < 4.78 is 7.74. The maximum atomic E-state index is 2.64. The fraction of sp³-hybridized carbons (Fsp3) is 0. The van der Waals surface area contributed by atoms with E-state index in [2.05, 4.69) is 205 Å². The Morgan fingerprint density at radius 2 is 0.759 bits per heavy atom. The van der Waals surface area contributed by atoms with E-state index in [9.17, 15) is 0 Å². The lowest BCUT2D eigenvalue weighted by atomic mass is 9.95. The largest absolute Gasteiger partial charge is 0.308 e. The highest BCUT2D eigenvalue weighted by molar-refractivity contribution is 7.27. The summed E-state index contributed by atoms with van der Waals surface area (Å²) >= 11 is 5.68. The highest BCUT2D eigenvalue weighted by atomic mass is 32.1. The summed E-state index contributed by atoms with van der Waals surface area (Å²) in [5.74, 6) is 0. The molecule has 0 unspecified atom stereocenters. The maximum Gasteiger partial charge on any atom is 0.0633 e. The third-order valence-corrected chi connectivity index (χ3v) is 15.0. The second-order valence-electron chi connectivity index (χ2n) is 14.7. The van der Waals surface area contributed by atoms with Gasteiger partial charge in [-0.1, -0.05) is 164 Å². The molecule has 58 heavy (non-hydrogen) atoms. The van der Waals surface area contributed by atoms with Crippen molar-refractivity contribution in [2.24, 2.45) is 0 Å². The van der Waals surface area contributed by atoms with Gasteiger partial charge in [0.05, 0.1) is 17.1 Å². The van der Waals surface area contributed by atoms with E-state index in [0.717, 1.165) is 0 Å². The van der Waals surface area contributed by atoms with Gasteiger partial charge >= 0.3 is 0 Å². The molecule has 272 valence electrons. The lowest BCUT2D eigenvalue weighted by Crippen LogP contribution is -2.12. The molecule has 3 heterocycles. The van der Waals surface area contributed by atoms with E-state index >= 15 is 0 Å². The molecule has 0 atom stereocenters. The average Bonchev–Trinajstić information content (AvgIpc) is 4.00. The van der Waals surface area contributed by atoms with Gasteiger partial charge in [0.1, 0.15) is 0 Å². The zero-order valence-electron chi connectivity index (χ0n) is 31.2. The molecule has 0 aliphatic rings. The number of anilines is 3. The van der Waals surface area contributed by atoms with Crippen LogP contribution < -0.4 is 4.90 Å². The first-order valence-corrected chi connectivity index (χ1v) is 22.0. The van der Waals surface area contributed by atoms with Crippen molar-refractivity contribution in [3.8, 4) is 33.4 Å². The third kappa shape index (κ3) is 5.19. The van der Waals surface area contributed by atoms with Crippen LogP contribution in [0.1, 0.15) is 0 Å². The van der Waals surface area contributed by atoms with Gasteiger partial charge in [0.25, 0.3) is 0 Å². The van der Waals surface area contributed by atoms with Crippen LogP contribution in [0.2, 0.25) is 0 Å². The van der Waals surface area contributed by atoms with E-state index in [-0.39, 0.29) is 0 Å². The minimum absolute atomic E-state index is 1.18. The van der Waals surface area contributed by atoms with Gasteiger partial charge in [0.15, 0.2) is 0 Å². The summed E-state index contributed by atoms with van der Waals surface area (Å²) in [5, 5.41) is 7.66. The number of thiophene rings is 3. The molecule has 0 fully saturated rings. The summed E-state index contributed by atoms with van der Waals surface area (Å²) in [6.45, 7) is 0. The Hall–Kier alpha value is -6.56. The number of hydrogen-bond acceptors (Lipinski definition) is 4. The zero-order valence-corrected chi connectivity index (χ0v) is 33.7. The molecule has 0 aliphatic heterocycles. The predicted molar refractivity (Wildman–Crippen MR) is 256 cm³/mol. The van der Waals surface area contributed by atoms with Gasteiger partial charge in [-0.15, -0.1) is 34.0 Å². The molecule has 0 aliphatic carbocycles. The second-order valence-corrected chi connectivity index (χ2v) is 17.9. The van der Waals surface area contributed by atoms with E-state index in [0.29, 0.717) is 0 Å². The topological polar surface area (TPSA) is 3.24 Å². The number of nitrogens with zero attached hydrogens (tertiary/aromatic N) is 1. The van der Waals surface area contributed by atoms with Crippen LogP contribution >= 0.6 is 34.0 Å². The number of rotatable bonds is 6. The minimum Gasteiger partial charge on any atom is -0.308 e. The zero-order chi connectivity index (χ0) is 38.2. The monoisotopic (exact) mass is 791 g/mol. The van der Waals surface area contributed by atoms with Crippen LogP contribution in [0.15, 0.2) is 200 Å². The molecular weight excluding hydrogens is 759 g/mol. The summed E-state index contributed by atoms with van der Waals surface area (Å²) in [6.07, 6.45) is 0. The van der Waals surface area contributed by atoms with E-state index < -0.39 is 0 Å². The van der Waals surface area contributed by atoms with Crippen LogP contribution in [0.4, 0.5) is 17.1 Å². The first kappa shape index (κ1) is 33.6. The van der Waals surface area contributed by atoms with Gasteiger partial charge in [-0.2, -0.15) is 0 Å². The van der Waals surface area contributed by atoms with Crippen molar-refractivity contribution >= 4 is 112 Å². The molecule has 0 spiro atoms. The van der Waals surface area contributed by atoms with Gasteiger partial charge in [0, 0.05) is 66.1 Å². The molecule has 0 bridgehead atoms. The van der Waals surface area contributed by atoms with Crippen molar-refractivity contribution in [3.05, 3.63) is 200 Å². The van der Waals surface area contributed by atoms with Gasteiger partial charge in [0.2, 0.25) is 0 Å². The fourth-order valence-electron chi connectivity index (χ4n) is 8.95. The van der Waals surface area contributed by atoms with Crippen molar-refractivity contribution in [1.29, 1.82) is 0 Å². The van der Waals surface area contributed by atoms with Crippen molar-refractivity contribution in [2.75, 3.05) is 4.90 Å². The Morgan fingerprint density at radius 3 is 1.47 bits per heavy atom. The van der Waals surface area contributed by atoms with Crippen molar-refractivity contribution < 1.29 is 0 Å². The summed E-state index contributed by atoms with van der Waals surface area (Å²) in [4.78, 5) is 2.64. The van der Waals surface area contributed by atoms with Crippen LogP contribution in [-0.4, -0.2) is 0 Å². The molecule has 12 rings (SSSR count). The second kappa shape index (κ2) is 13.5. The van der Waals surface area contributed by atoms with Gasteiger partial charge in [-0.05, 0) is 64.2 Å². The van der Waals surface area contributed by atoms with E-state index in [1.165, 1.54) is 111 Å². The molecule has 9 aromatic carbocycles. The Balaban J connectivity index is 1.29. The SMILES string of the molecule is c1ccc(-c2ccc3sc4c(-c5ccccc5)cccc4c3c2N(c2cccc3sc4ccccc4c23)c2ccc(-c3ccccc3)c3sc4ccccc4c23)cc1. The van der Waals surface area contributed by atoms with Crippen LogP contribution in [0.3, 0.4) is 0 Å². The van der Waals surface area contributed by atoms with Gasteiger partial charge in [-0.3, -0.25) is 0 Å². The molecular formula is C54H33NS3. The minimum atomic E-state index is 1.18. The quantitative estimate of drug-likeness (QED) is 0.162. The fourth-order valence-corrected chi connectivity index (χ4v) is 12.6. The Kier molecular flexibility index (Phi) is 7.83. The molecule has 0 saturated carbocycles. The van der Waals surface area contributed by atoms with Crippen LogP contribution in [0, 0.1) is 0 Å². The summed E-state index contributed by atoms with van der Waals surface area (Å²) in [7, 11) is 0. The summed E-state index contributed by atoms with van der Waals surface area (Å²) in [6, 6.07) is 73.8. The average molecular weight is 792 g/mol. The Bertz CT molecular complexity index is 3500. The molecule has 1 nitrogen and oxygen atoms in total. The molecule has 0 N–H and O–H groups in total. The van der Waals surface area contributed by atoms with E-state index in [1.807, 2.05) is 34.0 Å². The smallest absolute Gasteiger partial charge is 0.0633 e. The molecule has 4 heteroatoms. The first-order chi connectivity index (χ1) is 28.8. The normalized spacial score (nSPS) is 11.8. The van der Waals surface area contributed by atoms with E-state index in [1.54, 1.807) is 0 Å². The van der Waals surface area contributed by atoms with Crippen LogP contribution in [-0.2, 0) is 0 Å². The Labute approximate surface area is 347 Å². The number of hydrogen-bond donors (Lipinski definition) is 0. The molecule has 0 saturated heterocycles. The lowest BCUT2D eigenvalue weighted by Gasteiger charge is -2.31. The molecule has 12 aromatic rings. The molecule has 0 amide bonds. The number of benzene rings is 9. The highest BCUT2D eigenvalue weighted by Crippen LogP contribution is 2.56. The highest BCUT2D eigenvalue weighted by Gasteiger charge is 2.28. The number of fused-ring (bicyclic) bond motifs is 9. The summed E-state index contributed by atoms with van der Waals surface area (Å²) in [5.41, 5.74) is 10.9. The van der Waals surface area contributed by atoms with Crippen molar-refractivity contribution in [2.45, 2.75) is 0 Å². The van der Waals surface area contributed by atoms with Crippen LogP contribution in [0.5, 0.6) is 0 Å². The predicted octanol–water partition coefficient (Wildman–Crippen LogP) is 17.3. The third-order valence-electron chi connectivity index (χ3n) is 11.5. The molecule has 0 radical (unpaired) electrons. The Morgan fingerprint density at radius 1 is 0.276 bits per heavy atom. The molecule has 3 aromatic heterocycles. The van der Waals surface area contributed by atoms with Gasteiger partial charge in [-0.25, -0.2) is 0 Å². The van der Waals surface area contributed by atoms with E-state index in [4.69, 9.17) is 0 Å².